The Morgan fingerprint density at radius 2 is 1.86 bits per heavy atom. The van der Waals surface area contributed by atoms with E-state index in [9.17, 15) is 4.79 Å². The second-order valence-corrected chi connectivity index (χ2v) is 7.96. The highest BCUT2D eigenvalue weighted by atomic mass is 32.1. The summed E-state index contributed by atoms with van der Waals surface area (Å²) in [6.45, 7) is 2.17. The zero-order valence-electron chi connectivity index (χ0n) is 16.3. The Bertz CT molecular complexity index is 982. The normalized spacial score (nSPS) is 13.1. The highest BCUT2D eigenvalue weighted by Crippen LogP contribution is 2.37. The molecule has 0 saturated carbocycles. The molecule has 144 valence electrons. The summed E-state index contributed by atoms with van der Waals surface area (Å²) in [7, 11) is 2.01. The lowest BCUT2D eigenvalue weighted by Gasteiger charge is -2.21. The van der Waals surface area contributed by atoms with Gasteiger partial charge in [0.05, 0.1) is 12.3 Å². The average molecular weight is 393 g/mol. The Labute approximate surface area is 169 Å². The van der Waals surface area contributed by atoms with Crippen molar-refractivity contribution in [2.75, 3.05) is 18.6 Å². The van der Waals surface area contributed by atoms with Crippen LogP contribution in [0.25, 0.3) is 11.3 Å². The third-order valence-electron chi connectivity index (χ3n) is 5.13. The molecule has 0 atom stereocenters. The first-order chi connectivity index (χ1) is 13.7. The van der Waals surface area contributed by atoms with Gasteiger partial charge in [0.15, 0.2) is 5.13 Å². The third-order valence-corrected chi connectivity index (χ3v) is 6.24. The molecule has 1 aliphatic carbocycles. The molecule has 0 fully saturated rings. The van der Waals surface area contributed by atoms with Crippen molar-refractivity contribution in [2.24, 2.45) is 0 Å². The number of carbonyl (C=O) groups is 1. The van der Waals surface area contributed by atoms with Gasteiger partial charge in [0.2, 0.25) is 0 Å². The Balaban J connectivity index is 1.72. The number of ether oxygens (including phenoxy) is 1. The first-order valence-corrected chi connectivity index (χ1v) is 10.6. The van der Waals surface area contributed by atoms with Crippen molar-refractivity contribution in [1.82, 2.24) is 4.98 Å². The van der Waals surface area contributed by atoms with Crippen LogP contribution in [0, 0.1) is 0 Å². The summed E-state index contributed by atoms with van der Waals surface area (Å²) in [5.74, 6) is -0.316. The summed E-state index contributed by atoms with van der Waals surface area (Å²) < 4.78 is 5.28. The molecule has 0 spiro atoms. The van der Waals surface area contributed by atoms with Crippen LogP contribution in [-0.4, -0.2) is 24.6 Å². The summed E-state index contributed by atoms with van der Waals surface area (Å²) in [6, 6.07) is 16.5. The lowest BCUT2D eigenvalue weighted by molar-refractivity contribution is 0.0532. The van der Waals surface area contributed by atoms with Crippen LogP contribution in [0.4, 0.5) is 10.8 Å². The van der Waals surface area contributed by atoms with Crippen LogP contribution in [0.2, 0.25) is 0 Å². The highest BCUT2D eigenvalue weighted by Gasteiger charge is 2.23. The minimum atomic E-state index is -0.316. The molecular formula is C23H24N2O2S. The van der Waals surface area contributed by atoms with Gasteiger partial charge in [-0.3, -0.25) is 0 Å². The van der Waals surface area contributed by atoms with Crippen LogP contribution >= 0.6 is 11.3 Å². The van der Waals surface area contributed by atoms with E-state index in [4.69, 9.17) is 9.72 Å². The van der Waals surface area contributed by atoms with E-state index in [0.29, 0.717) is 17.2 Å². The van der Waals surface area contributed by atoms with Crippen LogP contribution in [-0.2, 0) is 17.6 Å². The van der Waals surface area contributed by atoms with Gasteiger partial charge in [-0.15, -0.1) is 0 Å². The van der Waals surface area contributed by atoms with Crippen LogP contribution in [0.1, 0.15) is 40.6 Å². The Hall–Kier alpha value is -2.66. The summed E-state index contributed by atoms with van der Waals surface area (Å²) in [4.78, 5) is 20.0. The smallest absolute Gasteiger partial charge is 0.350 e. The molecular weight excluding hydrogens is 368 g/mol. The van der Waals surface area contributed by atoms with Crippen LogP contribution in [0.5, 0.6) is 0 Å². The van der Waals surface area contributed by atoms with Crippen molar-refractivity contribution in [2.45, 2.75) is 32.6 Å². The summed E-state index contributed by atoms with van der Waals surface area (Å²) in [5, 5.41) is 0.790. The number of esters is 1. The number of fused-ring (bicyclic) bond motifs is 1. The molecule has 1 aromatic heterocycles. The van der Waals surface area contributed by atoms with E-state index in [1.807, 2.05) is 44.3 Å². The van der Waals surface area contributed by atoms with Crippen molar-refractivity contribution in [1.29, 1.82) is 0 Å². The SMILES string of the molecule is CCOC(=O)c1sc(N(C)c2ccc3c(c2)CCCC3)nc1-c1ccccc1. The molecule has 4 nitrogen and oxygen atoms in total. The van der Waals surface area contributed by atoms with E-state index in [1.54, 1.807) is 0 Å². The Morgan fingerprint density at radius 3 is 2.61 bits per heavy atom. The fourth-order valence-electron chi connectivity index (χ4n) is 3.62. The Morgan fingerprint density at radius 1 is 1.11 bits per heavy atom. The van der Waals surface area contributed by atoms with Crippen LogP contribution in [0.3, 0.4) is 0 Å². The first-order valence-electron chi connectivity index (χ1n) is 9.76. The molecule has 0 saturated heterocycles. The summed E-state index contributed by atoms with van der Waals surface area (Å²) in [6.07, 6.45) is 4.83. The monoisotopic (exact) mass is 392 g/mol. The van der Waals surface area contributed by atoms with Crippen LogP contribution < -0.4 is 4.90 Å². The van der Waals surface area contributed by atoms with Crippen molar-refractivity contribution in [3.05, 3.63) is 64.5 Å². The van der Waals surface area contributed by atoms with Gasteiger partial charge in [0.1, 0.15) is 4.88 Å². The zero-order valence-corrected chi connectivity index (χ0v) is 17.1. The molecule has 4 rings (SSSR count). The summed E-state index contributed by atoms with van der Waals surface area (Å²) >= 11 is 1.38. The molecule has 1 aliphatic rings. The number of nitrogens with zero attached hydrogens (tertiary/aromatic N) is 2. The average Bonchev–Trinajstić information content (AvgIpc) is 3.19. The van der Waals surface area contributed by atoms with E-state index in [-0.39, 0.29) is 5.97 Å². The minimum absolute atomic E-state index is 0.316. The van der Waals surface area contributed by atoms with E-state index < -0.39 is 0 Å². The number of aryl methyl sites for hydroxylation is 2. The van der Waals surface area contributed by atoms with Gasteiger partial charge in [-0.05, 0) is 55.9 Å². The van der Waals surface area contributed by atoms with E-state index in [0.717, 1.165) is 22.8 Å². The number of benzene rings is 2. The molecule has 0 N–H and O–H groups in total. The first kappa shape index (κ1) is 18.7. The molecule has 0 unspecified atom stereocenters. The fraction of sp³-hybridized carbons (Fsp3) is 0.304. The molecule has 0 amide bonds. The summed E-state index contributed by atoms with van der Waals surface area (Å²) in [5.41, 5.74) is 5.60. The minimum Gasteiger partial charge on any atom is -0.462 e. The number of carbonyl (C=O) groups excluding carboxylic acids is 1. The second-order valence-electron chi connectivity index (χ2n) is 6.98. The molecule has 1 heterocycles. The molecule has 5 heteroatoms. The number of anilines is 2. The topological polar surface area (TPSA) is 42.4 Å². The van der Waals surface area contributed by atoms with E-state index in [1.165, 1.54) is 41.7 Å². The molecule has 28 heavy (non-hydrogen) atoms. The largest absolute Gasteiger partial charge is 0.462 e. The zero-order chi connectivity index (χ0) is 19.5. The third kappa shape index (κ3) is 3.67. The van der Waals surface area contributed by atoms with Crippen molar-refractivity contribution in [3.63, 3.8) is 0 Å². The van der Waals surface area contributed by atoms with Gasteiger partial charge in [0, 0.05) is 18.3 Å². The number of aromatic nitrogens is 1. The van der Waals surface area contributed by atoms with Gasteiger partial charge in [0.25, 0.3) is 0 Å². The quantitative estimate of drug-likeness (QED) is 0.528. The number of hydrogen-bond acceptors (Lipinski definition) is 5. The number of thiazole rings is 1. The molecule has 0 radical (unpaired) electrons. The van der Waals surface area contributed by atoms with E-state index >= 15 is 0 Å². The molecule has 0 aliphatic heterocycles. The lowest BCUT2D eigenvalue weighted by atomic mass is 9.91. The van der Waals surface area contributed by atoms with Crippen molar-refractivity contribution in [3.8, 4) is 11.3 Å². The maximum absolute atomic E-state index is 12.5. The molecule has 2 aromatic carbocycles. The maximum Gasteiger partial charge on any atom is 0.350 e. The van der Waals surface area contributed by atoms with Crippen molar-refractivity contribution >= 4 is 28.1 Å². The van der Waals surface area contributed by atoms with Gasteiger partial charge < -0.3 is 9.64 Å². The maximum atomic E-state index is 12.5. The van der Waals surface area contributed by atoms with Gasteiger partial charge in [-0.25, -0.2) is 9.78 Å². The standard InChI is InChI=1S/C23H24N2O2S/c1-3-27-22(26)21-20(17-10-5-4-6-11-17)24-23(28-21)25(2)19-14-13-16-9-7-8-12-18(16)15-19/h4-6,10-11,13-15H,3,7-9,12H2,1-2H3. The van der Waals surface area contributed by atoms with Gasteiger partial charge >= 0.3 is 5.97 Å². The van der Waals surface area contributed by atoms with E-state index in [2.05, 4.69) is 23.1 Å². The second kappa shape index (κ2) is 8.15. The van der Waals surface area contributed by atoms with Crippen LogP contribution in [0.15, 0.2) is 48.5 Å². The lowest BCUT2D eigenvalue weighted by Crippen LogP contribution is -2.11. The predicted octanol–water partition coefficient (Wildman–Crippen LogP) is 5.63. The number of rotatable bonds is 5. The van der Waals surface area contributed by atoms with Gasteiger partial charge in [-0.2, -0.15) is 0 Å². The highest BCUT2D eigenvalue weighted by molar-refractivity contribution is 7.18. The predicted molar refractivity (Wildman–Crippen MR) is 115 cm³/mol. The Kier molecular flexibility index (Phi) is 5.44. The van der Waals surface area contributed by atoms with Gasteiger partial charge in [-0.1, -0.05) is 47.7 Å². The fourth-order valence-corrected chi connectivity index (χ4v) is 4.58. The number of hydrogen-bond donors (Lipinski definition) is 0. The molecule has 0 bridgehead atoms. The molecule has 3 aromatic rings. The van der Waals surface area contributed by atoms with Crippen molar-refractivity contribution < 1.29 is 9.53 Å².